The molecule has 1 fully saturated rings. The number of rotatable bonds is 7. The van der Waals surface area contributed by atoms with Gasteiger partial charge in [-0.1, -0.05) is 13.8 Å². The second-order valence-corrected chi connectivity index (χ2v) is 5.47. The fraction of sp³-hybridized carbons (Fsp3) is 0.929. The quantitative estimate of drug-likeness (QED) is 0.760. The van der Waals surface area contributed by atoms with Crippen molar-refractivity contribution in [3.8, 4) is 0 Å². The molecule has 0 aromatic carbocycles. The molecule has 106 valence electrons. The van der Waals surface area contributed by atoms with Gasteiger partial charge in [-0.3, -0.25) is 4.79 Å². The van der Waals surface area contributed by atoms with Crippen LogP contribution in [0.2, 0.25) is 0 Å². The molecular weight excluding hydrogens is 230 g/mol. The van der Waals surface area contributed by atoms with Crippen LogP contribution >= 0.6 is 0 Å². The Morgan fingerprint density at radius 1 is 1.33 bits per heavy atom. The third-order valence-corrected chi connectivity index (χ3v) is 4.44. The maximum Gasteiger partial charge on any atom is 0.310 e. The van der Waals surface area contributed by atoms with Gasteiger partial charge in [-0.2, -0.15) is 0 Å². The van der Waals surface area contributed by atoms with Crippen LogP contribution in [0.1, 0.15) is 39.5 Å². The van der Waals surface area contributed by atoms with E-state index >= 15 is 0 Å². The highest BCUT2D eigenvalue weighted by atomic mass is 16.5. The molecule has 0 spiro atoms. The van der Waals surface area contributed by atoms with Crippen molar-refractivity contribution < 1.29 is 14.6 Å². The van der Waals surface area contributed by atoms with Crippen molar-refractivity contribution in [2.75, 3.05) is 33.4 Å². The SMILES string of the molecule is CCC(CC)(CN1CCC(COC)CC1)C(=O)O. The van der Waals surface area contributed by atoms with E-state index in [1.54, 1.807) is 7.11 Å². The summed E-state index contributed by atoms with van der Waals surface area (Å²) in [6.07, 6.45) is 3.65. The van der Waals surface area contributed by atoms with Crippen molar-refractivity contribution in [1.82, 2.24) is 4.90 Å². The van der Waals surface area contributed by atoms with Crippen LogP contribution < -0.4 is 0 Å². The van der Waals surface area contributed by atoms with Gasteiger partial charge in [0.1, 0.15) is 0 Å². The molecule has 1 N–H and O–H groups in total. The van der Waals surface area contributed by atoms with Gasteiger partial charge in [-0.25, -0.2) is 0 Å². The summed E-state index contributed by atoms with van der Waals surface area (Å²) in [6, 6.07) is 0. The monoisotopic (exact) mass is 257 g/mol. The molecule has 4 heteroatoms. The highest BCUT2D eigenvalue weighted by Crippen LogP contribution is 2.30. The molecule has 0 aromatic rings. The Morgan fingerprint density at radius 2 is 1.89 bits per heavy atom. The minimum Gasteiger partial charge on any atom is -0.481 e. The van der Waals surface area contributed by atoms with Crippen LogP contribution in [0, 0.1) is 11.3 Å². The van der Waals surface area contributed by atoms with Crippen LogP contribution in [0.3, 0.4) is 0 Å². The lowest BCUT2D eigenvalue weighted by molar-refractivity contribution is -0.151. The van der Waals surface area contributed by atoms with Gasteiger partial charge >= 0.3 is 5.97 Å². The zero-order valence-corrected chi connectivity index (χ0v) is 11.9. The lowest BCUT2D eigenvalue weighted by Crippen LogP contribution is -2.45. The number of aliphatic carboxylic acids is 1. The molecule has 1 rings (SSSR count). The summed E-state index contributed by atoms with van der Waals surface area (Å²) in [7, 11) is 1.75. The van der Waals surface area contributed by atoms with Crippen molar-refractivity contribution in [2.45, 2.75) is 39.5 Å². The van der Waals surface area contributed by atoms with E-state index in [0.29, 0.717) is 25.3 Å². The van der Waals surface area contributed by atoms with Crippen LogP contribution in [-0.4, -0.2) is 49.3 Å². The van der Waals surface area contributed by atoms with Gasteiger partial charge in [0.25, 0.3) is 0 Å². The third kappa shape index (κ3) is 3.69. The lowest BCUT2D eigenvalue weighted by atomic mass is 9.81. The number of carbonyl (C=O) groups is 1. The largest absolute Gasteiger partial charge is 0.481 e. The van der Waals surface area contributed by atoms with Gasteiger partial charge in [-0.15, -0.1) is 0 Å². The molecule has 0 radical (unpaired) electrons. The highest BCUT2D eigenvalue weighted by molar-refractivity contribution is 5.74. The Kier molecular flexibility index (Phi) is 6.09. The first kappa shape index (κ1) is 15.4. The summed E-state index contributed by atoms with van der Waals surface area (Å²) < 4.78 is 5.19. The van der Waals surface area contributed by atoms with Crippen LogP contribution in [0.15, 0.2) is 0 Å². The molecule has 0 aliphatic carbocycles. The van der Waals surface area contributed by atoms with Crippen molar-refractivity contribution in [3.63, 3.8) is 0 Å². The van der Waals surface area contributed by atoms with Crippen LogP contribution in [0.4, 0.5) is 0 Å². The number of ether oxygens (including phenoxy) is 1. The van der Waals surface area contributed by atoms with E-state index in [0.717, 1.165) is 32.5 Å². The van der Waals surface area contributed by atoms with Gasteiger partial charge in [0, 0.05) is 20.3 Å². The molecule has 4 nitrogen and oxygen atoms in total. The molecule has 1 heterocycles. The van der Waals surface area contributed by atoms with Gasteiger partial charge in [0.15, 0.2) is 0 Å². The van der Waals surface area contributed by atoms with Gasteiger partial charge in [0.2, 0.25) is 0 Å². The molecule has 0 atom stereocenters. The predicted molar refractivity (Wildman–Crippen MR) is 71.7 cm³/mol. The van der Waals surface area contributed by atoms with Crippen LogP contribution in [0.25, 0.3) is 0 Å². The van der Waals surface area contributed by atoms with E-state index in [1.165, 1.54) is 0 Å². The minimum absolute atomic E-state index is 0.561. The highest BCUT2D eigenvalue weighted by Gasteiger charge is 2.37. The molecule has 1 aliphatic rings. The molecule has 0 aromatic heterocycles. The van der Waals surface area contributed by atoms with Crippen molar-refractivity contribution in [2.24, 2.45) is 11.3 Å². The van der Waals surface area contributed by atoms with E-state index in [-0.39, 0.29) is 0 Å². The zero-order chi connectivity index (χ0) is 13.6. The first-order chi connectivity index (χ1) is 8.57. The Bertz CT molecular complexity index is 256. The van der Waals surface area contributed by atoms with E-state index < -0.39 is 11.4 Å². The lowest BCUT2D eigenvalue weighted by Gasteiger charge is -2.37. The Hall–Kier alpha value is -0.610. The summed E-state index contributed by atoms with van der Waals surface area (Å²) in [5.41, 5.74) is -0.561. The molecule has 0 amide bonds. The topological polar surface area (TPSA) is 49.8 Å². The van der Waals surface area contributed by atoms with Crippen molar-refractivity contribution >= 4 is 5.97 Å². The number of nitrogens with zero attached hydrogens (tertiary/aromatic N) is 1. The van der Waals surface area contributed by atoms with E-state index in [2.05, 4.69) is 4.90 Å². The van der Waals surface area contributed by atoms with Crippen LogP contribution in [-0.2, 0) is 9.53 Å². The van der Waals surface area contributed by atoms with Gasteiger partial charge in [0.05, 0.1) is 5.41 Å². The third-order valence-electron chi connectivity index (χ3n) is 4.44. The number of piperidine rings is 1. The molecule has 18 heavy (non-hydrogen) atoms. The summed E-state index contributed by atoms with van der Waals surface area (Å²) >= 11 is 0. The predicted octanol–water partition coefficient (Wildman–Crippen LogP) is 2.24. The van der Waals surface area contributed by atoms with Crippen molar-refractivity contribution in [1.29, 1.82) is 0 Å². The fourth-order valence-electron chi connectivity index (χ4n) is 2.82. The molecule has 0 saturated carbocycles. The summed E-state index contributed by atoms with van der Waals surface area (Å²) in [5.74, 6) is 0.000228. The summed E-state index contributed by atoms with van der Waals surface area (Å²) in [4.78, 5) is 13.8. The number of likely N-dealkylation sites (tertiary alicyclic amines) is 1. The van der Waals surface area contributed by atoms with E-state index in [9.17, 15) is 9.90 Å². The fourth-order valence-corrected chi connectivity index (χ4v) is 2.82. The van der Waals surface area contributed by atoms with Gasteiger partial charge in [-0.05, 0) is 44.7 Å². The number of methoxy groups -OCH3 is 1. The smallest absolute Gasteiger partial charge is 0.310 e. The molecule has 1 saturated heterocycles. The minimum atomic E-state index is -0.647. The molecule has 1 aliphatic heterocycles. The van der Waals surface area contributed by atoms with Gasteiger partial charge < -0.3 is 14.7 Å². The standard InChI is InChI=1S/C14H27NO3/c1-4-14(5-2,13(16)17)11-15-8-6-12(7-9-15)10-18-3/h12H,4-11H2,1-3H3,(H,16,17). The normalized spacial score (nSPS) is 19.1. The van der Waals surface area contributed by atoms with E-state index in [4.69, 9.17) is 4.74 Å². The Balaban J connectivity index is 2.50. The first-order valence-corrected chi connectivity index (χ1v) is 7.02. The zero-order valence-electron chi connectivity index (χ0n) is 11.9. The first-order valence-electron chi connectivity index (χ1n) is 7.02. The van der Waals surface area contributed by atoms with Crippen molar-refractivity contribution in [3.05, 3.63) is 0 Å². The molecular formula is C14H27NO3. The Labute approximate surface area is 110 Å². The average Bonchev–Trinajstić information content (AvgIpc) is 2.38. The average molecular weight is 257 g/mol. The number of carboxylic acid groups (broad SMARTS) is 1. The van der Waals surface area contributed by atoms with Crippen LogP contribution in [0.5, 0.6) is 0 Å². The summed E-state index contributed by atoms with van der Waals surface area (Å²) in [5, 5.41) is 9.44. The molecule has 0 bridgehead atoms. The summed E-state index contributed by atoms with van der Waals surface area (Å²) in [6.45, 7) is 7.49. The van der Waals surface area contributed by atoms with E-state index in [1.807, 2.05) is 13.8 Å². The maximum absolute atomic E-state index is 11.5. The Morgan fingerprint density at radius 3 is 2.28 bits per heavy atom. The second kappa shape index (κ2) is 7.10. The second-order valence-electron chi connectivity index (χ2n) is 5.47. The number of carboxylic acids is 1. The molecule has 0 unspecified atom stereocenters. The number of hydrogen-bond acceptors (Lipinski definition) is 3. The maximum atomic E-state index is 11.5. The number of hydrogen-bond donors (Lipinski definition) is 1.